The average molecular weight is 280 g/mol. The molecule has 0 saturated heterocycles. The van der Waals surface area contributed by atoms with E-state index in [0.29, 0.717) is 10.2 Å². The summed E-state index contributed by atoms with van der Waals surface area (Å²) in [7, 11) is 0. The van der Waals surface area contributed by atoms with Crippen LogP contribution in [-0.4, -0.2) is 15.2 Å². The van der Waals surface area contributed by atoms with Crippen molar-refractivity contribution in [2.24, 2.45) is 0 Å². The summed E-state index contributed by atoms with van der Waals surface area (Å²) in [5, 5.41) is -0.515. The molecule has 0 fully saturated rings. The van der Waals surface area contributed by atoms with Crippen molar-refractivity contribution in [3.8, 4) is 0 Å². The molecule has 9 heteroatoms. The molecule has 2 aromatic heterocycles. The van der Waals surface area contributed by atoms with Crippen LogP contribution in [0.25, 0.3) is 10.9 Å². The Morgan fingerprint density at radius 3 is 2.56 bits per heavy atom. The Balaban J connectivity index is 2.96. The van der Waals surface area contributed by atoms with Gasteiger partial charge in [0, 0.05) is 11.6 Å². The first-order valence-electron chi connectivity index (χ1n) is 4.48. The number of aromatic nitrogens is 2. The monoisotopic (exact) mass is 280 g/mol. The largest absolute Gasteiger partial charge is 0.418 e. The number of nitrogens with one attached hydrogen (secondary N) is 1. The zero-order chi connectivity index (χ0) is 13.5. The molecule has 4 nitrogen and oxygen atoms in total. The Bertz CT molecular complexity index is 673. The molecule has 1 N–H and O–H groups in total. The summed E-state index contributed by atoms with van der Waals surface area (Å²) in [4.78, 5) is 23.9. The molecule has 0 saturated carbocycles. The van der Waals surface area contributed by atoms with Crippen molar-refractivity contribution in [2.75, 3.05) is 0 Å². The van der Waals surface area contributed by atoms with Crippen LogP contribution in [0.5, 0.6) is 0 Å². The van der Waals surface area contributed by atoms with E-state index in [4.69, 9.17) is 0 Å². The normalized spacial score (nSPS) is 12.0. The molecule has 2 heterocycles. The summed E-state index contributed by atoms with van der Waals surface area (Å²) >= 11 is -0.512. The maximum atomic E-state index is 12.7. The Hall–Kier alpha value is -1.77. The summed E-state index contributed by atoms with van der Waals surface area (Å²) in [6.07, 6.45) is -4.05. The molecule has 0 spiro atoms. The number of fused-ring (bicyclic) bond motifs is 1. The number of H-pyrrole nitrogens is 1. The predicted octanol–water partition coefficient (Wildman–Crippen LogP) is 2.54. The van der Waals surface area contributed by atoms with E-state index in [2.05, 4.69) is 0 Å². The molecule has 2 aromatic rings. The maximum absolute atomic E-state index is 12.7. The molecule has 0 aromatic carbocycles. The van der Waals surface area contributed by atoms with Gasteiger partial charge in [-0.05, 0) is 6.07 Å². The highest BCUT2D eigenvalue weighted by molar-refractivity contribution is 7.93. The highest BCUT2D eigenvalue weighted by Gasteiger charge is 2.34. The number of aldehydes is 1. The van der Waals surface area contributed by atoms with E-state index in [1.807, 2.05) is 4.98 Å². The van der Waals surface area contributed by atoms with Crippen molar-refractivity contribution in [3.63, 3.8) is 0 Å². The van der Waals surface area contributed by atoms with Crippen molar-refractivity contribution in [2.45, 2.75) is 6.18 Å². The van der Waals surface area contributed by atoms with Crippen LogP contribution in [0.15, 0.2) is 17.1 Å². The van der Waals surface area contributed by atoms with Crippen molar-refractivity contribution in [1.82, 2.24) is 8.96 Å². The third kappa shape index (κ3) is 1.80. The molecule has 0 amide bonds. The molecule has 18 heavy (non-hydrogen) atoms. The molecule has 0 atom stereocenters. The van der Waals surface area contributed by atoms with E-state index in [1.54, 1.807) is 0 Å². The number of nitrogens with zero attached hydrogens (tertiary/aromatic N) is 1. The fourth-order valence-electron chi connectivity index (χ4n) is 1.61. The Morgan fingerprint density at radius 2 is 2.06 bits per heavy atom. The van der Waals surface area contributed by atoms with E-state index >= 15 is 0 Å². The van der Waals surface area contributed by atoms with Gasteiger partial charge in [-0.25, -0.2) is 3.97 Å². The minimum atomic E-state index is -4.71. The molecular weight excluding hydrogens is 276 g/mol. The topological polar surface area (TPSA) is 54.9 Å². The van der Waals surface area contributed by atoms with Crippen LogP contribution >= 0.6 is 12.3 Å². The Labute approximate surface area is 101 Å². The van der Waals surface area contributed by atoms with E-state index < -0.39 is 40.5 Å². The van der Waals surface area contributed by atoms with Gasteiger partial charge in [0.2, 0.25) is 0 Å². The van der Waals surface area contributed by atoms with Gasteiger partial charge in [0.25, 0.3) is 5.56 Å². The summed E-state index contributed by atoms with van der Waals surface area (Å²) in [5.74, 6) is 0. The average Bonchev–Trinajstić information content (AvgIpc) is 2.66. The van der Waals surface area contributed by atoms with Crippen LogP contribution in [0.1, 0.15) is 16.1 Å². The van der Waals surface area contributed by atoms with Crippen LogP contribution in [0, 0.1) is 0 Å². The van der Waals surface area contributed by atoms with Crippen LogP contribution < -0.4 is 5.56 Å². The number of hydrogen-bond donors (Lipinski definition) is 1. The lowest BCUT2D eigenvalue weighted by Gasteiger charge is -2.07. The quantitative estimate of drug-likeness (QED) is 0.679. The number of alkyl halides is 3. The van der Waals surface area contributed by atoms with E-state index in [-0.39, 0.29) is 12.0 Å². The van der Waals surface area contributed by atoms with Gasteiger partial charge in [0.15, 0.2) is 18.6 Å². The van der Waals surface area contributed by atoms with Crippen LogP contribution in [0.4, 0.5) is 17.1 Å². The van der Waals surface area contributed by atoms with Gasteiger partial charge in [-0.2, -0.15) is 13.2 Å². The number of aromatic amines is 1. The van der Waals surface area contributed by atoms with Crippen LogP contribution in [-0.2, 0) is 6.18 Å². The van der Waals surface area contributed by atoms with Gasteiger partial charge < -0.3 is 4.98 Å². The van der Waals surface area contributed by atoms with Crippen LogP contribution in [0.3, 0.4) is 0 Å². The highest BCUT2D eigenvalue weighted by atomic mass is 32.2. The lowest BCUT2D eigenvalue weighted by molar-refractivity contribution is -0.136. The van der Waals surface area contributed by atoms with E-state index in [9.17, 15) is 26.6 Å². The van der Waals surface area contributed by atoms with Gasteiger partial charge in [-0.3, -0.25) is 9.59 Å². The van der Waals surface area contributed by atoms with Crippen molar-refractivity contribution >= 4 is 29.5 Å². The fourth-order valence-corrected chi connectivity index (χ4v) is 2.03. The summed E-state index contributed by atoms with van der Waals surface area (Å²) in [5.41, 5.74) is -2.94. The predicted molar refractivity (Wildman–Crippen MR) is 57.0 cm³/mol. The molecular formula is C9H4F4N2O2S. The van der Waals surface area contributed by atoms with E-state index in [0.717, 1.165) is 6.07 Å². The summed E-state index contributed by atoms with van der Waals surface area (Å²) < 4.78 is 51.2. The standard InChI is InChI=1S/C9H4F4N2O2S/c10-9(11,12)6-2-14-8(17)7-5(6)1-4(3-16)15(7)18-13/h1-3H,(H,14,17). The zero-order valence-corrected chi connectivity index (χ0v) is 9.23. The first kappa shape index (κ1) is 12.7. The molecule has 96 valence electrons. The number of hydrogen-bond acceptors (Lipinski definition) is 3. The third-order valence-corrected chi connectivity index (χ3v) is 2.86. The second kappa shape index (κ2) is 4.16. The second-order valence-corrected chi connectivity index (χ2v) is 3.85. The number of halogens is 4. The first-order chi connectivity index (χ1) is 8.40. The number of rotatable bonds is 2. The van der Waals surface area contributed by atoms with Gasteiger partial charge in [0.05, 0.1) is 11.3 Å². The van der Waals surface area contributed by atoms with E-state index in [1.165, 1.54) is 0 Å². The minimum Gasteiger partial charge on any atom is -0.327 e. The SMILES string of the molecule is O=Cc1cc2c(C(F)(F)F)c[nH]c(=O)c2n1SF. The van der Waals surface area contributed by atoms with Gasteiger partial charge in [-0.1, -0.05) is 0 Å². The number of pyridine rings is 1. The first-order valence-corrected chi connectivity index (χ1v) is 5.16. The molecule has 0 aliphatic carbocycles. The molecule has 0 aliphatic heterocycles. The van der Waals surface area contributed by atoms with Gasteiger partial charge >= 0.3 is 6.18 Å². The van der Waals surface area contributed by atoms with Gasteiger partial charge in [0.1, 0.15) is 5.52 Å². The molecule has 0 bridgehead atoms. The maximum Gasteiger partial charge on any atom is 0.418 e. The second-order valence-electron chi connectivity index (χ2n) is 3.34. The lowest BCUT2D eigenvalue weighted by atomic mass is 10.2. The summed E-state index contributed by atoms with van der Waals surface area (Å²) in [6.45, 7) is 0. The Morgan fingerprint density at radius 1 is 1.39 bits per heavy atom. The fraction of sp³-hybridized carbons (Fsp3) is 0.111. The molecule has 0 aliphatic rings. The number of carbonyl (C=O) groups excluding carboxylic acids is 1. The third-order valence-electron chi connectivity index (χ3n) is 2.33. The highest BCUT2D eigenvalue weighted by Crippen LogP contribution is 2.35. The Kier molecular flexibility index (Phi) is 2.93. The number of carbonyl (C=O) groups is 1. The molecule has 0 radical (unpaired) electrons. The minimum absolute atomic E-state index is 0.173. The van der Waals surface area contributed by atoms with Gasteiger partial charge in [-0.15, -0.1) is 3.89 Å². The summed E-state index contributed by atoms with van der Waals surface area (Å²) in [6, 6.07) is 0.826. The van der Waals surface area contributed by atoms with Crippen LogP contribution in [0.2, 0.25) is 0 Å². The van der Waals surface area contributed by atoms with Crippen molar-refractivity contribution < 1.29 is 21.9 Å². The van der Waals surface area contributed by atoms with Crippen molar-refractivity contribution in [3.05, 3.63) is 33.9 Å². The smallest absolute Gasteiger partial charge is 0.327 e. The van der Waals surface area contributed by atoms with Crippen molar-refractivity contribution in [1.29, 1.82) is 0 Å². The lowest BCUT2D eigenvalue weighted by Crippen LogP contribution is -2.14. The molecule has 0 unspecified atom stereocenters. The zero-order valence-electron chi connectivity index (χ0n) is 8.42. The molecule has 2 rings (SSSR count).